The highest BCUT2D eigenvalue weighted by Gasteiger charge is 2.30. The molecule has 12 heteroatoms. The Hall–Kier alpha value is -4.39. The van der Waals surface area contributed by atoms with E-state index in [0.29, 0.717) is 40.4 Å². The number of aliphatic hydroxyl groups is 1. The molecule has 302 valence electrons. The molecule has 0 saturated heterocycles. The van der Waals surface area contributed by atoms with Crippen molar-refractivity contribution in [2.45, 2.75) is 96.0 Å². The lowest BCUT2D eigenvalue weighted by atomic mass is 9.97. The lowest BCUT2D eigenvalue weighted by Crippen LogP contribution is -2.30. The number of pyridine rings is 1. The van der Waals surface area contributed by atoms with Crippen molar-refractivity contribution in [3.8, 4) is 11.3 Å². The van der Waals surface area contributed by atoms with Crippen LogP contribution in [0.4, 0.5) is 24.5 Å². The minimum absolute atomic E-state index is 0.0674. The Bertz CT molecular complexity index is 1920. The molecule has 0 bridgehead atoms. The van der Waals surface area contributed by atoms with Crippen LogP contribution in [0.2, 0.25) is 0 Å². The Morgan fingerprint density at radius 3 is 2.27 bits per heavy atom. The van der Waals surface area contributed by atoms with E-state index in [1.54, 1.807) is 23.9 Å². The van der Waals surface area contributed by atoms with Crippen LogP contribution < -0.4 is 15.5 Å². The van der Waals surface area contributed by atoms with Gasteiger partial charge in [0.05, 0.1) is 22.5 Å². The molecule has 3 aromatic carbocycles. The van der Waals surface area contributed by atoms with Crippen molar-refractivity contribution >= 4 is 35.0 Å². The molecular formula is C44H55F3N4O4S. The monoisotopic (exact) mass is 792 g/mol. The van der Waals surface area contributed by atoms with Gasteiger partial charge in [-0.1, -0.05) is 45.0 Å². The average molecular weight is 793 g/mol. The van der Waals surface area contributed by atoms with Crippen molar-refractivity contribution < 1.29 is 32.6 Å². The summed E-state index contributed by atoms with van der Waals surface area (Å²) in [6.45, 7) is 14.9. The minimum atomic E-state index is -4.48. The van der Waals surface area contributed by atoms with Crippen LogP contribution in [0, 0.1) is 0 Å². The van der Waals surface area contributed by atoms with Gasteiger partial charge >= 0.3 is 6.18 Å². The van der Waals surface area contributed by atoms with E-state index in [9.17, 15) is 27.9 Å². The first-order valence-electron chi connectivity index (χ1n) is 19.2. The second-order valence-corrected chi connectivity index (χ2v) is 16.3. The van der Waals surface area contributed by atoms with Gasteiger partial charge in [0, 0.05) is 71.9 Å². The van der Waals surface area contributed by atoms with Gasteiger partial charge in [-0.15, -0.1) is 0 Å². The fourth-order valence-electron chi connectivity index (χ4n) is 6.19. The molecule has 0 saturated carbocycles. The Morgan fingerprint density at radius 1 is 0.857 bits per heavy atom. The van der Waals surface area contributed by atoms with Crippen LogP contribution in [0.5, 0.6) is 0 Å². The average Bonchev–Trinajstić information content (AvgIpc) is 3.19. The molecule has 1 aromatic heterocycles. The largest absolute Gasteiger partial charge is 0.416 e. The quantitative estimate of drug-likeness (QED) is 0.0819. The van der Waals surface area contributed by atoms with Gasteiger partial charge in [0.15, 0.2) is 0 Å². The number of carbonyl (C=O) groups is 2. The lowest BCUT2D eigenvalue weighted by molar-refractivity contribution is -0.137. The van der Waals surface area contributed by atoms with Crippen molar-refractivity contribution in [3.05, 3.63) is 113 Å². The molecule has 0 aliphatic heterocycles. The van der Waals surface area contributed by atoms with Crippen LogP contribution in [0.15, 0.2) is 85.1 Å². The number of aliphatic hydroxyl groups excluding tert-OH is 1. The maximum atomic E-state index is 13.8. The predicted molar refractivity (Wildman–Crippen MR) is 221 cm³/mol. The molecule has 0 fully saturated rings. The lowest BCUT2D eigenvalue weighted by Gasteiger charge is -2.31. The molecule has 4 rings (SSSR count). The number of benzene rings is 3. The van der Waals surface area contributed by atoms with E-state index in [4.69, 9.17) is 4.74 Å². The number of aromatic nitrogens is 1. The zero-order chi connectivity index (χ0) is 40.9. The summed E-state index contributed by atoms with van der Waals surface area (Å²) < 4.78 is 45.9. The van der Waals surface area contributed by atoms with Crippen LogP contribution in [-0.4, -0.2) is 58.6 Å². The second kappa shape index (κ2) is 20.2. The van der Waals surface area contributed by atoms with Crippen LogP contribution in [0.1, 0.15) is 105 Å². The molecule has 8 nitrogen and oxygen atoms in total. The van der Waals surface area contributed by atoms with E-state index >= 15 is 0 Å². The van der Waals surface area contributed by atoms with Crippen molar-refractivity contribution in [2.75, 3.05) is 36.5 Å². The molecule has 3 N–H and O–H groups in total. The number of ether oxygens (including phenoxy) is 1. The minimum Gasteiger partial charge on any atom is -0.396 e. The number of rotatable bonds is 20. The Morgan fingerprint density at radius 2 is 1.57 bits per heavy atom. The first kappa shape index (κ1) is 44.3. The molecule has 0 radical (unpaired) electrons. The normalized spacial score (nSPS) is 12.9. The van der Waals surface area contributed by atoms with Crippen molar-refractivity contribution in [2.24, 2.45) is 0 Å². The number of hydrogen-bond donors (Lipinski definition) is 3. The maximum Gasteiger partial charge on any atom is 0.416 e. The number of thioether (sulfide) groups is 1. The number of anilines is 2. The molecular weight excluding hydrogens is 738 g/mol. The number of amides is 2. The van der Waals surface area contributed by atoms with E-state index in [2.05, 4.69) is 62.1 Å². The third-order valence-electron chi connectivity index (χ3n) is 9.97. The Balaban J connectivity index is 1.49. The number of halogens is 3. The summed E-state index contributed by atoms with van der Waals surface area (Å²) in [4.78, 5) is 33.7. The summed E-state index contributed by atoms with van der Waals surface area (Å²) in [6.07, 6.45) is 0.284. The van der Waals surface area contributed by atoms with Gasteiger partial charge in [-0.2, -0.15) is 24.9 Å². The van der Waals surface area contributed by atoms with Crippen LogP contribution in [-0.2, 0) is 23.2 Å². The van der Waals surface area contributed by atoms with Gasteiger partial charge in [0.25, 0.3) is 11.8 Å². The van der Waals surface area contributed by atoms with E-state index in [0.717, 1.165) is 62.2 Å². The summed E-state index contributed by atoms with van der Waals surface area (Å²) in [7, 11) is 0. The van der Waals surface area contributed by atoms with Gasteiger partial charge in [-0.05, 0) is 112 Å². The zero-order valence-electron chi connectivity index (χ0n) is 33.3. The van der Waals surface area contributed by atoms with Gasteiger partial charge < -0.3 is 25.4 Å². The summed E-state index contributed by atoms with van der Waals surface area (Å²) in [5.41, 5.74) is 3.57. The molecule has 0 aliphatic carbocycles. The molecule has 4 aromatic rings. The highest BCUT2D eigenvalue weighted by molar-refractivity contribution is 7.99. The van der Waals surface area contributed by atoms with E-state index in [1.807, 2.05) is 36.4 Å². The van der Waals surface area contributed by atoms with E-state index < -0.39 is 17.6 Å². The number of hydrogen-bond acceptors (Lipinski definition) is 7. The SMILES string of the molecule is CCN(CC)c1ccc(NC(=O)c2cccc(CSC(C)(C)CCOC(C)(CC)CCCO)c2)c(-c2cc(C(=O)NCc3cccc(C(F)(F)F)c3)ccn2)c1. The number of nitrogens with zero attached hydrogens (tertiary/aromatic N) is 2. The molecule has 1 atom stereocenters. The fourth-order valence-corrected chi connectivity index (χ4v) is 7.16. The molecule has 0 aliphatic rings. The summed E-state index contributed by atoms with van der Waals surface area (Å²) in [5, 5.41) is 15.0. The zero-order valence-corrected chi connectivity index (χ0v) is 34.1. The van der Waals surface area contributed by atoms with Crippen molar-refractivity contribution in [3.63, 3.8) is 0 Å². The third-order valence-corrected chi connectivity index (χ3v) is 11.4. The van der Waals surface area contributed by atoms with Gasteiger partial charge in [0.2, 0.25) is 0 Å². The van der Waals surface area contributed by atoms with Crippen LogP contribution >= 0.6 is 11.8 Å². The Kier molecular flexibility index (Phi) is 16.0. The summed E-state index contributed by atoms with van der Waals surface area (Å²) in [5.74, 6) is -0.0579. The maximum absolute atomic E-state index is 13.8. The highest BCUT2D eigenvalue weighted by atomic mass is 32.2. The van der Waals surface area contributed by atoms with Gasteiger partial charge in [-0.25, -0.2) is 0 Å². The van der Waals surface area contributed by atoms with Crippen LogP contribution in [0.25, 0.3) is 11.3 Å². The van der Waals surface area contributed by atoms with Gasteiger partial charge in [-0.3, -0.25) is 14.6 Å². The first-order chi connectivity index (χ1) is 26.6. The standard InChI is InChI=1S/C44H55F3N4O4S/c1-7-43(6,20-12-23-52)55-24-21-42(4,5)56-30-32-14-10-15-33(25-32)41(54)50-38-18-17-36(51(8-2)9-3)28-37(38)39-27-34(19-22-48-39)40(53)49-29-31-13-11-16-35(26-31)44(45,46)47/h10-11,13-19,22,25-28,52H,7-9,12,20-21,23-24,29-30H2,1-6H3,(H,49,53)(H,50,54). The number of alkyl halides is 3. The third kappa shape index (κ3) is 12.8. The molecule has 56 heavy (non-hydrogen) atoms. The summed E-state index contributed by atoms with van der Waals surface area (Å²) in [6, 6.07) is 21.3. The predicted octanol–water partition coefficient (Wildman–Crippen LogP) is 10.2. The molecule has 1 unspecified atom stereocenters. The highest BCUT2D eigenvalue weighted by Crippen LogP contribution is 2.35. The van der Waals surface area contributed by atoms with Crippen molar-refractivity contribution in [1.29, 1.82) is 0 Å². The fraction of sp³-hybridized carbons (Fsp3) is 0.432. The smallest absolute Gasteiger partial charge is 0.396 e. The summed E-state index contributed by atoms with van der Waals surface area (Å²) >= 11 is 1.81. The number of nitrogens with one attached hydrogen (secondary N) is 2. The molecule has 1 heterocycles. The van der Waals surface area contributed by atoms with E-state index in [1.165, 1.54) is 24.4 Å². The number of carbonyl (C=O) groups excluding carboxylic acids is 2. The van der Waals surface area contributed by atoms with Crippen LogP contribution in [0.3, 0.4) is 0 Å². The second-order valence-electron chi connectivity index (χ2n) is 14.6. The topological polar surface area (TPSA) is 104 Å². The first-order valence-corrected chi connectivity index (χ1v) is 20.2. The van der Waals surface area contributed by atoms with E-state index in [-0.39, 0.29) is 35.0 Å². The molecule has 2 amide bonds. The Labute approximate surface area is 333 Å². The molecule has 0 spiro atoms. The van der Waals surface area contributed by atoms with Crippen molar-refractivity contribution in [1.82, 2.24) is 10.3 Å². The van der Waals surface area contributed by atoms with Gasteiger partial charge in [0.1, 0.15) is 0 Å².